The van der Waals surface area contributed by atoms with Gasteiger partial charge in [0, 0.05) is 23.6 Å². The van der Waals surface area contributed by atoms with Gasteiger partial charge in [0.25, 0.3) is 0 Å². The van der Waals surface area contributed by atoms with Crippen LogP contribution in [0.5, 0.6) is 11.5 Å². The lowest BCUT2D eigenvalue weighted by Gasteiger charge is -2.06. The van der Waals surface area contributed by atoms with Crippen molar-refractivity contribution in [2.75, 3.05) is 0 Å². The van der Waals surface area contributed by atoms with Crippen LogP contribution in [0.4, 0.5) is 0 Å². The van der Waals surface area contributed by atoms with E-state index in [2.05, 4.69) is 0 Å². The second kappa shape index (κ2) is 5.27. The summed E-state index contributed by atoms with van der Waals surface area (Å²) in [5.41, 5.74) is 8.55. The minimum absolute atomic E-state index is 0.183. The first-order valence-corrected chi connectivity index (χ1v) is 6.38. The van der Waals surface area contributed by atoms with E-state index in [0.29, 0.717) is 18.9 Å². The number of hydrogen-bond acceptors (Lipinski definition) is 4. The van der Waals surface area contributed by atoms with Crippen LogP contribution in [0.2, 0.25) is 0 Å². The topological polar surface area (TPSA) is 68.6 Å². The molecular formula is C16H15NO3. The second-order valence-corrected chi connectivity index (χ2v) is 4.54. The van der Waals surface area contributed by atoms with Gasteiger partial charge in [-0.25, -0.2) is 0 Å². The standard InChI is InChI=1S/C16H15NO3/c17-8-11-3-1-6-15-16(11)12(10-20-15)9-19-14-5-2-4-13(18)7-14/h1-7,10,18H,8-9,17H2. The molecule has 0 aliphatic heterocycles. The number of benzene rings is 2. The first-order chi connectivity index (χ1) is 9.78. The molecule has 0 bridgehead atoms. The highest BCUT2D eigenvalue weighted by Gasteiger charge is 2.10. The van der Waals surface area contributed by atoms with Crippen molar-refractivity contribution in [1.29, 1.82) is 0 Å². The average Bonchev–Trinajstić information content (AvgIpc) is 2.88. The number of ether oxygens (including phenoxy) is 1. The van der Waals surface area contributed by atoms with Gasteiger partial charge in [-0.1, -0.05) is 18.2 Å². The maximum atomic E-state index is 9.41. The van der Waals surface area contributed by atoms with Gasteiger partial charge in [0.05, 0.1) is 6.26 Å². The van der Waals surface area contributed by atoms with Crippen molar-refractivity contribution in [2.45, 2.75) is 13.2 Å². The summed E-state index contributed by atoms with van der Waals surface area (Å²) < 4.78 is 11.2. The van der Waals surface area contributed by atoms with E-state index < -0.39 is 0 Å². The van der Waals surface area contributed by atoms with Gasteiger partial charge in [-0.15, -0.1) is 0 Å². The fourth-order valence-electron chi connectivity index (χ4n) is 2.24. The maximum Gasteiger partial charge on any atom is 0.134 e. The first kappa shape index (κ1) is 12.6. The quantitative estimate of drug-likeness (QED) is 0.763. The van der Waals surface area contributed by atoms with E-state index in [1.807, 2.05) is 18.2 Å². The fourth-order valence-corrected chi connectivity index (χ4v) is 2.24. The molecule has 0 atom stereocenters. The number of furan rings is 1. The molecule has 20 heavy (non-hydrogen) atoms. The minimum Gasteiger partial charge on any atom is -0.508 e. The molecule has 3 N–H and O–H groups in total. The minimum atomic E-state index is 0.183. The molecule has 0 radical (unpaired) electrons. The Balaban J connectivity index is 1.88. The van der Waals surface area contributed by atoms with Gasteiger partial charge in [0.15, 0.2) is 0 Å². The molecule has 3 rings (SSSR count). The largest absolute Gasteiger partial charge is 0.508 e. The zero-order chi connectivity index (χ0) is 13.9. The van der Waals surface area contributed by atoms with Crippen molar-refractivity contribution in [1.82, 2.24) is 0 Å². The van der Waals surface area contributed by atoms with Gasteiger partial charge >= 0.3 is 0 Å². The van der Waals surface area contributed by atoms with Gasteiger partial charge < -0.3 is 20.0 Å². The normalized spacial score (nSPS) is 10.8. The lowest BCUT2D eigenvalue weighted by atomic mass is 10.1. The number of phenols is 1. The predicted molar refractivity (Wildman–Crippen MR) is 76.5 cm³/mol. The lowest BCUT2D eigenvalue weighted by Crippen LogP contribution is -1.99. The molecule has 3 aromatic rings. The summed E-state index contributed by atoms with van der Waals surface area (Å²) in [6.45, 7) is 0.823. The van der Waals surface area contributed by atoms with E-state index in [4.69, 9.17) is 14.9 Å². The van der Waals surface area contributed by atoms with Crippen LogP contribution in [0.25, 0.3) is 11.0 Å². The third-order valence-corrected chi connectivity index (χ3v) is 3.19. The van der Waals surface area contributed by atoms with E-state index in [9.17, 15) is 5.11 Å². The Labute approximate surface area is 116 Å². The molecule has 102 valence electrons. The van der Waals surface area contributed by atoms with E-state index >= 15 is 0 Å². The molecule has 0 unspecified atom stereocenters. The van der Waals surface area contributed by atoms with Crippen molar-refractivity contribution in [3.63, 3.8) is 0 Å². The van der Waals surface area contributed by atoms with Gasteiger partial charge in [-0.05, 0) is 23.8 Å². The Morgan fingerprint density at radius 3 is 2.75 bits per heavy atom. The summed E-state index contributed by atoms with van der Waals surface area (Å²) in [6.07, 6.45) is 1.69. The van der Waals surface area contributed by atoms with Crippen molar-refractivity contribution in [3.05, 3.63) is 59.9 Å². The summed E-state index contributed by atoms with van der Waals surface area (Å²) in [6, 6.07) is 12.5. The van der Waals surface area contributed by atoms with Crippen LogP contribution in [0.15, 0.2) is 53.1 Å². The Morgan fingerprint density at radius 2 is 1.95 bits per heavy atom. The van der Waals surface area contributed by atoms with Gasteiger partial charge in [-0.3, -0.25) is 0 Å². The van der Waals surface area contributed by atoms with Crippen molar-refractivity contribution >= 4 is 11.0 Å². The number of rotatable bonds is 4. The zero-order valence-corrected chi connectivity index (χ0v) is 10.9. The SMILES string of the molecule is NCc1cccc2occ(COc3cccc(O)c3)c12. The van der Waals surface area contributed by atoms with E-state index in [-0.39, 0.29) is 5.75 Å². The second-order valence-electron chi connectivity index (χ2n) is 4.54. The average molecular weight is 269 g/mol. The smallest absolute Gasteiger partial charge is 0.134 e. The molecule has 0 fully saturated rings. The number of hydrogen-bond donors (Lipinski definition) is 2. The van der Waals surface area contributed by atoms with Crippen molar-refractivity contribution in [3.8, 4) is 11.5 Å². The van der Waals surface area contributed by atoms with E-state index in [1.165, 1.54) is 0 Å². The highest BCUT2D eigenvalue weighted by atomic mass is 16.5. The Kier molecular flexibility index (Phi) is 3.31. The van der Waals surface area contributed by atoms with E-state index in [0.717, 1.165) is 22.1 Å². The highest BCUT2D eigenvalue weighted by Crippen LogP contribution is 2.26. The van der Waals surface area contributed by atoms with Crippen LogP contribution in [0.3, 0.4) is 0 Å². The van der Waals surface area contributed by atoms with E-state index in [1.54, 1.807) is 30.5 Å². The summed E-state index contributed by atoms with van der Waals surface area (Å²) in [5, 5.41) is 10.4. The van der Waals surface area contributed by atoms with Gasteiger partial charge in [-0.2, -0.15) is 0 Å². The molecular weight excluding hydrogens is 254 g/mol. The fraction of sp³-hybridized carbons (Fsp3) is 0.125. The Morgan fingerprint density at radius 1 is 1.10 bits per heavy atom. The molecule has 0 spiro atoms. The molecule has 0 saturated carbocycles. The molecule has 0 aliphatic carbocycles. The maximum absolute atomic E-state index is 9.41. The molecule has 4 heteroatoms. The van der Waals surface area contributed by atoms with Crippen molar-refractivity contribution < 1.29 is 14.3 Å². The van der Waals surface area contributed by atoms with Crippen LogP contribution in [-0.2, 0) is 13.2 Å². The van der Waals surface area contributed by atoms with Crippen LogP contribution in [-0.4, -0.2) is 5.11 Å². The molecule has 4 nitrogen and oxygen atoms in total. The number of nitrogens with two attached hydrogens (primary N) is 1. The number of phenolic OH excluding ortho intramolecular Hbond substituents is 1. The third-order valence-electron chi connectivity index (χ3n) is 3.19. The third kappa shape index (κ3) is 2.33. The van der Waals surface area contributed by atoms with Crippen LogP contribution >= 0.6 is 0 Å². The predicted octanol–water partition coefficient (Wildman–Crippen LogP) is 3.18. The van der Waals surface area contributed by atoms with Crippen LogP contribution < -0.4 is 10.5 Å². The molecule has 0 aliphatic rings. The number of fused-ring (bicyclic) bond motifs is 1. The van der Waals surface area contributed by atoms with Crippen molar-refractivity contribution in [2.24, 2.45) is 5.73 Å². The summed E-state index contributed by atoms with van der Waals surface area (Å²) in [4.78, 5) is 0. The van der Waals surface area contributed by atoms with Gasteiger partial charge in [0.2, 0.25) is 0 Å². The molecule has 2 aromatic carbocycles. The van der Waals surface area contributed by atoms with Crippen LogP contribution in [0.1, 0.15) is 11.1 Å². The molecule has 0 saturated heterocycles. The van der Waals surface area contributed by atoms with Crippen LogP contribution in [0, 0.1) is 0 Å². The molecule has 1 aromatic heterocycles. The molecule has 0 amide bonds. The highest BCUT2D eigenvalue weighted by molar-refractivity contribution is 5.84. The molecule has 1 heterocycles. The number of aromatic hydroxyl groups is 1. The zero-order valence-electron chi connectivity index (χ0n) is 10.9. The lowest BCUT2D eigenvalue weighted by molar-refractivity contribution is 0.304. The summed E-state index contributed by atoms with van der Waals surface area (Å²) >= 11 is 0. The van der Waals surface area contributed by atoms with Gasteiger partial charge in [0.1, 0.15) is 23.7 Å². The summed E-state index contributed by atoms with van der Waals surface area (Å²) in [7, 11) is 0. The summed E-state index contributed by atoms with van der Waals surface area (Å²) in [5.74, 6) is 0.798. The first-order valence-electron chi connectivity index (χ1n) is 6.38. The Bertz CT molecular complexity index is 733. The monoisotopic (exact) mass is 269 g/mol. The Hall–Kier alpha value is -2.46.